The third kappa shape index (κ3) is 4.62. The van der Waals surface area contributed by atoms with Crippen molar-refractivity contribution in [3.63, 3.8) is 0 Å². The van der Waals surface area contributed by atoms with Crippen molar-refractivity contribution in [3.8, 4) is 0 Å². The van der Waals surface area contributed by atoms with E-state index in [4.69, 9.17) is 12.2 Å². The van der Waals surface area contributed by atoms with Gasteiger partial charge in [0.25, 0.3) is 0 Å². The molecule has 3 nitrogen and oxygen atoms in total. The summed E-state index contributed by atoms with van der Waals surface area (Å²) in [5, 5.41) is 7.19. The van der Waals surface area contributed by atoms with Gasteiger partial charge in [0.15, 0.2) is 5.11 Å². The molecule has 0 aromatic carbocycles. The summed E-state index contributed by atoms with van der Waals surface area (Å²) in [6.07, 6.45) is 4.18. The molecule has 0 aliphatic carbocycles. The van der Waals surface area contributed by atoms with Gasteiger partial charge in [-0.15, -0.1) is 6.58 Å². The minimum Gasteiger partial charge on any atom is -0.360 e. The maximum atomic E-state index is 5.17. The highest BCUT2D eigenvalue weighted by Crippen LogP contribution is 2.09. The van der Waals surface area contributed by atoms with Crippen LogP contribution in [0.4, 0.5) is 0 Å². The van der Waals surface area contributed by atoms with Gasteiger partial charge in [-0.05, 0) is 31.6 Å². The zero-order chi connectivity index (χ0) is 11.1. The second-order valence-electron chi connectivity index (χ2n) is 3.85. The molecule has 0 radical (unpaired) electrons. The Morgan fingerprint density at radius 1 is 1.53 bits per heavy atom. The van der Waals surface area contributed by atoms with Crippen LogP contribution in [0.15, 0.2) is 12.7 Å². The summed E-state index contributed by atoms with van der Waals surface area (Å²) in [6.45, 7) is 10.1. The standard InChI is InChI=1S/C11H21N3S/c1-3-7-12-11(15)13-10-5-8-14(4-2)9-6-10/h3,10H,1,4-9H2,2H3,(H2,12,13,15). The first-order valence-corrected chi connectivity index (χ1v) is 6.04. The first kappa shape index (κ1) is 12.5. The summed E-state index contributed by atoms with van der Waals surface area (Å²) in [5.74, 6) is 0. The zero-order valence-electron chi connectivity index (χ0n) is 9.46. The molecule has 1 aliphatic rings. The number of hydrogen-bond donors (Lipinski definition) is 2. The predicted octanol–water partition coefficient (Wildman–Crippen LogP) is 1.12. The SMILES string of the molecule is C=CCNC(=S)NC1CCN(CC)CC1. The Morgan fingerprint density at radius 3 is 2.73 bits per heavy atom. The van der Waals surface area contributed by atoms with Crippen LogP contribution >= 0.6 is 12.2 Å². The minimum atomic E-state index is 0.539. The van der Waals surface area contributed by atoms with Gasteiger partial charge < -0.3 is 15.5 Å². The Bertz CT molecular complexity index is 210. The van der Waals surface area contributed by atoms with Crippen LogP contribution < -0.4 is 10.6 Å². The summed E-state index contributed by atoms with van der Waals surface area (Å²) < 4.78 is 0. The number of piperidine rings is 1. The third-order valence-corrected chi connectivity index (χ3v) is 3.04. The molecule has 1 heterocycles. The fraction of sp³-hybridized carbons (Fsp3) is 0.727. The molecule has 0 bridgehead atoms. The van der Waals surface area contributed by atoms with Gasteiger partial charge in [0, 0.05) is 25.7 Å². The lowest BCUT2D eigenvalue weighted by molar-refractivity contribution is 0.216. The minimum absolute atomic E-state index is 0.539. The Morgan fingerprint density at radius 2 is 2.20 bits per heavy atom. The van der Waals surface area contributed by atoms with Gasteiger partial charge in [0.1, 0.15) is 0 Å². The van der Waals surface area contributed by atoms with Crippen LogP contribution in [0.25, 0.3) is 0 Å². The van der Waals surface area contributed by atoms with Crippen molar-refractivity contribution in [2.24, 2.45) is 0 Å². The fourth-order valence-corrected chi connectivity index (χ4v) is 2.04. The zero-order valence-corrected chi connectivity index (χ0v) is 10.3. The van der Waals surface area contributed by atoms with E-state index in [-0.39, 0.29) is 0 Å². The molecule has 15 heavy (non-hydrogen) atoms. The largest absolute Gasteiger partial charge is 0.360 e. The van der Waals surface area contributed by atoms with Crippen molar-refractivity contribution in [2.45, 2.75) is 25.8 Å². The molecule has 0 aromatic rings. The van der Waals surface area contributed by atoms with Gasteiger partial charge >= 0.3 is 0 Å². The lowest BCUT2D eigenvalue weighted by Gasteiger charge is -2.32. The van der Waals surface area contributed by atoms with E-state index in [9.17, 15) is 0 Å². The highest BCUT2D eigenvalue weighted by Gasteiger charge is 2.17. The van der Waals surface area contributed by atoms with E-state index in [1.807, 2.05) is 6.08 Å². The van der Waals surface area contributed by atoms with Gasteiger partial charge in [-0.3, -0.25) is 0 Å². The molecule has 0 amide bonds. The number of likely N-dealkylation sites (tertiary alicyclic amines) is 1. The summed E-state index contributed by atoms with van der Waals surface area (Å²) in [5.41, 5.74) is 0. The molecule has 1 aliphatic heterocycles. The monoisotopic (exact) mass is 227 g/mol. The van der Waals surface area contributed by atoms with Crippen LogP contribution in [0.5, 0.6) is 0 Å². The molecule has 1 rings (SSSR count). The van der Waals surface area contributed by atoms with E-state index in [0.717, 1.165) is 18.2 Å². The summed E-state index contributed by atoms with van der Waals surface area (Å²) in [4.78, 5) is 2.47. The summed E-state index contributed by atoms with van der Waals surface area (Å²) in [7, 11) is 0. The summed E-state index contributed by atoms with van der Waals surface area (Å²) in [6, 6.07) is 0.539. The van der Waals surface area contributed by atoms with Crippen LogP contribution in [0.1, 0.15) is 19.8 Å². The molecule has 0 saturated carbocycles. The van der Waals surface area contributed by atoms with E-state index >= 15 is 0 Å². The Labute approximate surface area is 97.9 Å². The second-order valence-corrected chi connectivity index (χ2v) is 4.26. The summed E-state index contributed by atoms with van der Waals surface area (Å²) >= 11 is 5.17. The van der Waals surface area contributed by atoms with E-state index in [1.165, 1.54) is 25.9 Å². The van der Waals surface area contributed by atoms with E-state index in [1.54, 1.807) is 0 Å². The van der Waals surface area contributed by atoms with Gasteiger partial charge in [-0.1, -0.05) is 13.0 Å². The molecule has 1 fully saturated rings. The highest BCUT2D eigenvalue weighted by atomic mass is 32.1. The maximum absolute atomic E-state index is 5.17. The first-order valence-electron chi connectivity index (χ1n) is 5.64. The molecule has 0 unspecified atom stereocenters. The Hall–Kier alpha value is -0.610. The molecule has 1 saturated heterocycles. The quantitative estimate of drug-likeness (QED) is 0.556. The third-order valence-electron chi connectivity index (χ3n) is 2.78. The molecule has 4 heteroatoms. The van der Waals surface area contributed by atoms with Crippen molar-refractivity contribution in [1.29, 1.82) is 0 Å². The van der Waals surface area contributed by atoms with E-state index in [2.05, 4.69) is 29.0 Å². The van der Waals surface area contributed by atoms with Crippen LogP contribution in [0.2, 0.25) is 0 Å². The van der Waals surface area contributed by atoms with Crippen molar-refractivity contribution in [1.82, 2.24) is 15.5 Å². The van der Waals surface area contributed by atoms with E-state index < -0.39 is 0 Å². The lowest BCUT2D eigenvalue weighted by Crippen LogP contribution is -2.47. The molecule has 0 aromatic heterocycles. The van der Waals surface area contributed by atoms with Crippen LogP contribution in [0.3, 0.4) is 0 Å². The van der Waals surface area contributed by atoms with Gasteiger partial charge in [0.05, 0.1) is 0 Å². The molecular weight excluding hydrogens is 206 g/mol. The number of rotatable bonds is 4. The van der Waals surface area contributed by atoms with Crippen molar-refractivity contribution in [3.05, 3.63) is 12.7 Å². The second kappa shape index (κ2) is 6.80. The first-order chi connectivity index (χ1) is 7.26. The molecule has 86 valence electrons. The van der Waals surface area contributed by atoms with Crippen molar-refractivity contribution in [2.75, 3.05) is 26.2 Å². The Kier molecular flexibility index (Phi) is 5.65. The fourth-order valence-electron chi connectivity index (χ4n) is 1.79. The van der Waals surface area contributed by atoms with Crippen molar-refractivity contribution >= 4 is 17.3 Å². The normalized spacial score (nSPS) is 18.5. The number of nitrogens with zero attached hydrogens (tertiary/aromatic N) is 1. The van der Waals surface area contributed by atoms with Gasteiger partial charge in [-0.2, -0.15) is 0 Å². The molecule has 0 atom stereocenters. The Balaban J connectivity index is 2.17. The van der Waals surface area contributed by atoms with Gasteiger partial charge in [-0.25, -0.2) is 0 Å². The maximum Gasteiger partial charge on any atom is 0.166 e. The number of nitrogens with one attached hydrogen (secondary N) is 2. The predicted molar refractivity (Wildman–Crippen MR) is 69.1 cm³/mol. The molecule has 0 spiro atoms. The van der Waals surface area contributed by atoms with E-state index in [0.29, 0.717) is 6.04 Å². The molecular formula is C11H21N3S. The van der Waals surface area contributed by atoms with Crippen LogP contribution in [-0.2, 0) is 0 Å². The average molecular weight is 227 g/mol. The molecule has 2 N–H and O–H groups in total. The number of hydrogen-bond acceptors (Lipinski definition) is 2. The lowest BCUT2D eigenvalue weighted by atomic mass is 10.1. The van der Waals surface area contributed by atoms with Gasteiger partial charge in [0.2, 0.25) is 0 Å². The average Bonchev–Trinajstić information content (AvgIpc) is 2.27. The van der Waals surface area contributed by atoms with Crippen molar-refractivity contribution < 1.29 is 0 Å². The highest BCUT2D eigenvalue weighted by molar-refractivity contribution is 7.80. The topological polar surface area (TPSA) is 27.3 Å². The number of thiocarbonyl (C=S) groups is 1. The van der Waals surface area contributed by atoms with Crippen LogP contribution in [-0.4, -0.2) is 42.2 Å². The smallest absolute Gasteiger partial charge is 0.166 e. The van der Waals surface area contributed by atoms with Crippen LogP contribution in [0, 0.1) is 0 Å².